The molecule has 1 aromatic carbocycles. The summed E-state index contributed by atoms with van der Waals surface area (Å²) in [6, 6.07) is 7.26. The van der Waals surface area contributed by atoms with E-state index in [9.17, 15) is 4.79 Å². The molecule has 1 saturated heterocycles. The van der Waals surface area contributed by atoms with Crippen molar-refractivity contribution >= 4 is 17.6 Å². The van der Waals surface area contributed by atoms with Crippen LogP contribution in [0, 0.1) is 0 Å². The quantitative estimate of drug-likeness (QED) is 0.587. The van der Waals surface area contributed by atoms with Gasteiger partial charge in [0.25, 0.3) is 0 Å². The van der Waals surface area contributed by atoms with Gasteiger partial charge < -0.3 is 9.47 Å². The van der Waals surface area contributed by atoms with Crippen molar-refractivity contribution in [3.05, 3.63) is 34.9 Å². The fraction of sp³-hybridized carbons (Fsp3) is 0.364. The first-order chi connectivity index (χ1) is 7.22. The van der Waals surface area contributed by atoms with E-state index in [0.29, 0.717) is 11.6 Å². The standard InChI is InChI=1S/C11H11ClO3/c1-2-14-11(13)10-9(15-10)7-3-5-8(12)6-4-7/h3-6,9-10H,2H2,1H3/t9-,10+/m1/s1. The Morgan fingerprint density at radius 1 is 1.47 bits per heavy atom. The zero-order chi connectivity index (χ0) is 10.8. The van der Waals surface area contributed by atoms with Crippen LogP contribution in [0.3, 0.4) is 0 Å². The second-order valence-corrected chi connectivity index (χ2v) is 3.72. The molecule has 1 fully saturated rings. The molecule has 2 atom stereocenters. The molecule has 0 bridgehead atoms. The van der Waals surface area contributed by atoms with Gasteiger partial charge in [-0.1, -0.05) is 23.7 Å². The van der Waals surface area contributed by atoms with Gasteiger partial charge in [-0.3, -0.25) is 0 Å². The molecule has 0 amide bonds. The Labute approximate surface area is 92.9 Å². The molecule has 1 heterocycles. The Balaban J connectivity index is 1.98. The fourth-order valence-electron chi connectivity index (χ4n) is 1.42. The summed E-state index contributed by atoms with van der Waals surface area (Å²) >= 11 is 5.75. The number of rotatable bonds is 3. The molecule has 4 heteroatoms. The van der Waals surface area contributed by atoms with Crippen molar-refractivity contribution in [2.24, 2.45) is 0 Å². The van der Waals surface area contributed by atoms with Gasteiger partial charge in [0, 0.05) is 5.02 Å². The molecular weight excluding hydrogens is 216 g/mol. The van der Waals surface area contributed by atoms with E-state index in [2.05, 4.69) is 0 Å². The van der Waals surface area contributed by atoms with E-state index >= 15 is 0 Å². The molecule has 1 aliphatic rings. The number of benzene rings is 1. The number of hydrogen-bond donors (Lipinski definition) is 0. The highest BCUT2D eigenvalue weighted by Gasteiger charge is 2.47. The lowest BCUT2D eigenvalue weighted by atomic mass is 10.1. The summed E-state index contributed by atoms with van der Waals surface area (Å²) in [5.41, 5.74) is 0.956. The van der Waals surface area contributed by atoms with Gasteiger partial charge in [0.1, 0.15) is 6.10 Å². The maximum atomic E-state index is 11.3. The molecule has 0 unspecified atom stereocenters. The predicted octanol–water partition coefficient (Wildman–Crippen LogP) is 2.34. The molecule has 3 nitrogen and oxygen atoms in total. The predicted molar refractivity (Wildman–Crippen MR) is 55.7 cm³/mol. The second kappa shape index (κ2) is 4.21. The molecule has 80 valence electrons. The first-order valence-electron chi connectivity index (χ1n) is 4.80. The lowest BCUT2D eigenvalue weighted by molar-refractivity contribution is -0.144. The van der Waals surface area contributed by atoms with Crippen molar-refractivity contribution < 1.29 is 14.3 Å². The lowest BCUT2D eigenvalue weighted by Crippen LogP contribution is -2.11. The van der Waals surface area contributed by atoms with E-state index in [-0.39, 0.29) is 12.1 Å². The molecular formula is C11H11ClO3. The van der Waals surface area contributed by atoms with Crippen LogP contribution in [0.5, 0.6) is 0 Å². The van der Waals surface area contributed by atoms with Gasteiger partial charge >= 0.3 is 5.97 Å². The number of hydrogen-bond acceptors (Lipinski definition) is 3. The SMILES string of the molecule is CCOC(=O)[C@H]1O[C@@H]1c1ccc(Cl)cc1. The van der Waals surface area contributed by atoms with E-state index in [1.54, 1.807) is 19.1 Å². The van der Waals surface area contributed by atoms with Crippen molar-refractivity contribution in [3.63, 3.8) is 0 Å². The van der Waals surface area contributed by atoms with Gasteiger partial charge in [0.2, 0.25) is 0 Å². The van der Waals surface area contributed by atoms with Crippen LogP contribution in [0.1, 0.15) is 18.6 Å². The van der Waals surface area contributed by atoms with Crippen LogP contribution in [0.2, 0.25) is 5.02 Å². The highest BCUT2D eigenvalue weighted by Crippen LogP contribution is 2.39. The summed E-state index contributed by atoms with van der Waals surface area (Å²) in [5.74, 6) is -0.294. The lowest BCUT2D eigenvalue weighted by Gasteiger charge is -1.97. The maximum absolute atomic E-state index is 11.3. The summed E-state index contributed by atoms with van der Waals surface area (Å²) in [6.07, 6.45) is -0.604. The zero-order valence-electron chi connectivity index (χ0n) is 8.27. The van der Waals surface area contributed by atoms with Crippen molar-refractivity contribution in [2.75, 3.05) is 6.61 Å². The summed E-state index contributed by atoms with van der Waals surface area (Å²) in [5, 5.41) is 0.673. The van der Waals surface area contributed by atoms with Gasteiger partial charge in [-0.15, -0.1) is 0 Å². The van der Waals surface area contributed by atoms with Gasteiger partial charge in [0.05, 0.1) is 6.61 Å². The largest absolute Gasteiger partial charge is 0.464 e. The van der Waals surface area contributed by atoms with Crippen LogP contribution in [-0.4, -0.2) is 18.7 Å². The Bertz CT molecular complexity index is 361. The average molecular weight is 227 g/mol. The first-order valence-corrected chi connectivity index (χ1v) is 5.17. The van der Waals surface area contributed by atoms with Crippen LogP contribution >= 0.6 is 11.6 Å². The van der Waals surface area contributed by atoms with Crippen LogP contribution in [0.25, 0.3) is 0 Å². The van der Waals surface area contributed by atoms with Gasteiger partial charge in [-0.05, 0) is 24.6 Å². The number of esters is 1. The molecule has 1 aliphatic heterocycles. The van der Waals surface area contributed by atoms with Gasteiger partial charge in [0.15, 0.2) is 6.10 Å². The Morgan fingerprint density at radius 3 is 2.73 bits per heavy atom. The normalized spacial score (nSPS) is 23.6. The van der Waals surface area contributed by atoms with E-state index in [1.165, 1.54) is 0 Å². The Morgan fingerprint density at radius 2 is 2.13 bits per heavy atom. The van der Waals surface area contributed by atoms with E-state index < -0.39 is 6.10 Å². The van der Waals surface area contributed by atoms with Gasteiger partial charge in [-0.2, -0.15) is 0 Å². The monoisotopic (exact) mass is 226 g/mol. The van der Waals surface area contributed by atoms with Crippen LogP contribution in [0.15, 0.2) is 24.3 Å². The number of carbonyl (C=O) groups is 1. The summed E-state index contributed by atoms with van der Waals surface area (Å²) in [4.78, 5) is 11.3. The topological polar surface area (TPSA) is 38.8 Å². The highest BCUT2D eigenvalue weighted by atomic mass is 35.5. The van der Waals surface area contributed by atoms with Crippen LogP contribution in [-0.2, 0) is 14.3 Å². The smallest absolute Gasteiger partial charge is 0.338 e. The zero-order valence-corrected chi connectivity index (χ0v) is 9.03. The average Bonchev–Trinajstić information content (AvgIpc) is 2.99. The van der Waals surface area contributed by atoms with E-state index in [0.717, 1.165) is 5.56 Å². The molecule has 1 aromatic rings. The Hall–Kier alpha value is -1.06. The Kier molecular flexibility index (Phi) is 2.93. The van der Waals surface area contributed by atoms with Crippen LogP contribution in [0.4, 0.5) is 0 Å². The molecule has 15 heavy (non-hydrogen) atoms. The minimum absolute atomic E-state index is 0.165. The van der Waals surface area contributed by atoms with E-state index in [4.69, 9.17) is 21.1 Å². The number of halogens is 1. The van der Waals surface area contributed by atoms with E-state index in [1.807, 2.05) is 12.1 Å². The third-order valence-corrected chi connectivity index (χ3v) is 2.46. The molecule has 0 spiro atoms. The maximum Gasteiger partial charge on any atom is 0.338 e. The summed E-state index contributed by atoms with van der Waals surface area (Å²) in [6.45, 7) is 2.16. The number of epoxide rings is 1. The molecule has 0 aliphatic carbocycles. The molecule has 0 N–H and O–H groups in total. The molecule has 0 radical (unpaired) electrons. The molecule has 2 rings (SSSR count). The summed E-state index contributed by atoms with van der Waals surface area (Å²) in [7, 11) is 0. The van der Waals surface area contributed by atoms with Crippen molar-refractivity contribution in [2.45, 2.75) is 19.1 Å². The third-order valence-electron chi connectivity index (χ3n) is 2.21. The number of ether oxygens (including phenoxy) is 2. The minimum Gasteiger partial charge on any atom is -0.464 e. The molecule has 0 aromatic heterocycles. The highest BCUT2D eigenvalue weighted by molar-refractivity contribution is 6.30. The van der Waals surface area contributed by atoms with Crippen molar-refractivity contribution in [1.82, 2.24) is 0 Å². The minimum atomic E-state index is -0.439. The van der Waals surface area contributed by atoms with Crippen LogP contribution < -0.4 is 0 Å². The summed E-state index contributed by atoms with van der Waals surface area (Å²) < 4.78 is 10.1. The number of carbonyl (C=O) groups excluding carboxylic acids is 1. The van der Waals surface area contributed by atoms with Crippen molar-refractivity contribution in [1.29, 1.82) is 0 Å². The van der Waals surface area contributed by atoms with Crippen molar-refractivity contribution in [3.8, 4) is 0 Å². The van der Waals surface area contributed by atoms with Gasteiger partial charge in [-0.25, -0.2) is 4.79 Å². The third kappa shape index (κ3) is 2.30. The fourth-order valence-corrected chi connectivity index (χ4v) is 1.55. The first kappa shape index (κ1) is 10.5. The second-order valence-electron chi connectivity index (χ2n) is 3.28. The molecule has 0 saturated carbocycles.